The maximum Gasteiger partial charge on any atom is 0.408 e. The van der Waals surface area contributed by atoms with Crippen molar-refractivity contribution < 1.29 is 69.8 Å². The number of aliphatic imine (C=N–C) groups is 1. The minimum Gasteiger partial charge on any atom is -0.480 e. The van der Waals surface area contributed by atoms with Crippen LogP contribution in [0.2, 0.25) is 0 Å². The van der Waals surface area contributed by atoms with E-state index in [1.54, 1.807) is 125 Å². The molecule has 4 saturated carbocycles. The Kier molecular flexibility index (Phi) is 25.4. The Hall–Kier alpha value is -8.27. The molecule has 28 heteroatoms. The van der Waals surface area contributed by atoms with Gasteiger partial charge < -0.3 is 57.5 Å². The number of nitrogens with one attached hydrogen (secondary N) is 8. The number of rotatable bonds is 30. The zero-order chi connectivity index (χ0) is 71.6. The number of fused-ring (bicyclic) bond motifs is 1. The molecule has 5 atom stereocenters. The van der Waals surface area contributed by atoms with Crippen molar-refractivity contribution >= 4 is 84.6 Å². The number of guanidine groups is 1. The maximum atomic E-state index is 15.4. The average molecular weight is 1390 g/mol. The molecule has 4 bridgehead atoms. The van der Waals surface area contributed by atoms with Gasteiger partial charge in [-0.15, -0.1) is 0 Å². The molecule has 0 spiro atoms. The number of amides is 7. The van der Waals surface area contributed by atoms with E-state index in [0.717, 1.165) is 40.8 Å². The number of carbonyl (C=O) groups excluding carboxylic acids is 7. The number of sulfonamides is 1. The quantitative estimate of drug-likeness (QED) is 0.0153. The lowest BCUT2D eigenvalue weighted by Gasteiger charge is -2.53. The van der Waals surface area contributed by atoms with E-state index in [0.29, 0.717) is 64.2 Å². The van der Waals surface area contributed by atoms with Crippen LogP contribution in [0.5, 0.6) is 0 Å². The summed E-state index contributed by atoms with van der Waals surface area (Å²) in [6.45, 7) is 21.0. The van der Waals surface area contributed by atoms with Crippen molar-refractivity contribution in [1.29, 1.82) is 0 Å². The van der Waals surface area contributed by atoms with E-state index in [1.165, 1.54) is 12.6 Å². The van der Waals surface area contributed by atoms with Crippen LogP contribution in [0, 0.1) is 77.0 Å². The molecule has 1 aromatic heterocycles. The summed E-state index contributed by atoms with van der Waals surface area (Å²) in [4.78, 5) is 115. The van der Waals surface area contributed by atoms with Gasteiger partial charge in [-0.3, -0.25) is 33.8 Å². The van der Waals surface area contributed by atoms with E-state index in [2.05, 4.69) is 46.9 Å². The summed E-state index contributed by atoms with van der Waals surface area (Å²) >= 11 is 0. The summed E-state index contributed by atoms with van der Waals surface area (Å²) in [6, 6.07) is 6.17. The maximum absolute atomic E-state index is 15.4. The normalized spacial score (nSPS) is 19.2. The Morgan fingerprint density at radius 2 is 1.13 bits per heavy atom. The summed E-state index contributed by atoms with van der Waals surface area (Å²) in [5.74, 6) is -5.47. The van der Waals surface area contributed by atoms with Crippen molar-refractivity contribution in [3.63, 3.8) is 0 Å². The number of hydrogen-bond donors (Lipinski definition) is 10. The highest BCUT2D eigenvalue weighted by molar-refractivity contribution is 7.90. The molecule has 4 aromatic rings. The number of aromatic nitrogens is 1. The van der Waals surface area contributed by atoms with Crippen LogP contribution in [-0.4, -0.2) is 141 Å². The summed E-state index contributed by atoms with van der Waals surface area (Å²) in [5, 5.41) is 28.4. The molecule has 26 nitrogen and oxygen atoms in total. The molecule has 4 aliphatic rings. The van der Waals surface area contributed by atoms with E-state index in [1.807, 2.05) is 13.8 Å². The number of aryl methyl sites for hydroxylation is 6. The minimum atomic E-state index is -4.36. The van der Waals surface area contributed by atoms with Gasteiger partial charge in [-0.2, -0.15) is 0 Å². The fourth-order valence-electron chi connectivity index (χ4n) is 14.3. The highest BCUT2D eigenvalue weighted by atomic mass is 32.2. The van der Waals surface area contributed by atoms with E-state index in [9.17, 15) is 50.7 Å². The second-order valence-electron chi connectivity index (χ2n) is 28.3. The number of unbranched alkanes of at least 4 members (excludes halogenated alkanes) is 1. The second kappa shape index (κ2) is 32.4. The molecule has 8 rings (SSSR count). The van der Waals surface area contributed by atoms with E-state index >= 15 is 9.59 Å². The third-order valence-corrected chi connectivity index (χ3v) is 21.7. The average Bonchev–Trinajstić information content (AvgIpc) is 1.66. The molecule has 0 unspecified atom stereocenters. The zero-order valence-corrected chi connectivity index (χ0v) is 59.6. The monoisotopic (exact) mass is 1390 g/mol. The van der Waals surface area contributed by atoms with Crippen molar-refractivity contribution in [3.05, 3.63) is 93.7 Å². The number of ether oxygens (including phenoxy) is 2. The highest BCUT2D eigenvalue weighted by Crippen LogP contribution is 2.54. The molecular formula is C69H99N11O15S2. The SMILES string of the molecule is Cc1cc(C)c(S(=O)(=O)NC(N)=NCCC[C@H](NC(=O)[C@H](Cc2cn(S(=O)(=O)c3c(C)cc(C)cc3C)c3ccccc23)NC(=O)[C@@H](NC(=O)[C@H](CCCCNC(=O)OC2C3CC4CC(C3)CC2C4)NC(=O)OC(C)(C)C)C(C)C)C(=O)N[C@H](C(=O)NCC(=O)O)C(C)C)c(C)c1. The number of aliphatic carboxylic acids is 1. The van der Waals surface area contributed by atoms with Gasteiger partial charge in [0, 0.05) is 31.1 Å². The van der Waals surface area contributed by atoms with E-state index in [-0.39, 0.29) is 59.3 Å². The number of hydrogen-bond acceptors (Lipinski definition) is 15. The fraction of sp³-hybridized carbons (Fsp3) is 0.580. The molecule has 0 aliphatic heterocycles. The van der Waals surface area contributed by atoms with Crippen LogP contribution in [0.1, 0.15) is 152 Å². The third kappa shape index (κ3) is 20.2. The van der Waals surface area contributed by atoms with Crippen LogP contribution in [0.15, 0.2) is 69.5 Å². The number of alkyl carbamates (subject to hydrolysis) is 2. The number of carboxylic acids is 1. The van der Waals surface area contributed by atoms with Gasteiger partial charge in [0.2, 0.25) is 35.5 Å². The van der Waals surface area contributed by atoms with Crippen molar-refractivity contribution in [2.45, 2.75) is 212 Å². The molecule has 4 fully saturated rings. The molecule has 1 heterocycles. The van der Waals surface area contributed by atoms with Crippen molar-refractivity contribution in [2.24, 2.45) is 46.2 Å². The number of benzene rings is 3. The van der Waals surface area contributed by atoms with Gasteiger partial charge in [0.15, 0.2) is 0 Å². The van der Waals surface area contributed by atoms with Gasteiger partial charge in [0.05, 0.1) is 15.3 Å². The smallest absolute Gasteiger partial charge is 0.408 e. The van der Waals surface area contributed by atoms with Crippen LogP contribution in [0.3, 0.4) is 0 Å². The number of para-hydroxylation sites is 1. The van der Waals surface area contributed by atoms with E-state index in [4.69, 9.17) is 15.2 Å². The van der Waals surface area contributed by atoms with Gasteiger partial charge in [-0.1, -0.05) is 81.3 Å². The van der Waals surface area contributed by atoms with Crippen LogP contribution in [0.25, 0.3) is 10.9 Å². The molecule has 3 aromatic carbocycles. The first-order valence-electron chi connectivity index (χ1n) is 33.4. The van der Waals surface area contributed by atoms with Crippen LogP contribution in [-0.2, 0) is 64.7 Å². The van der Waals surface area contributed by atoms with Crippen molar-refractivity contribution in [2.75, 3.05) is 19.6 Å². The standard InChI is InChI=1S/C69H99N11O15S2/c1-37(2)56(64(86)73-35-55(81)82)77-61(83)51(21-18-24-71-66(70)79-96(90,91)59-41(7)25-39(5)26-42(59)8)74-63(85)53(34-49-36-80(54-22-15-14-19-50(49)54)97(92,93)60-43(9)27-40(6)28-44(60)10)75-65(87)57(38(3)4)78-62(84)52(76-68(89)95-69(11,12)13)20-16-17-23-72-67(88)94-58-47-30-45-29-46(32-47)33-48(58)31-45/h14-15,19,22,25-28,36-38,45-48,51-53,56-58H,16-18,20-21,23-24,29-35H2,1-13H3,(H,72,88)(H,73,86)(H,74,85)(H,75,87)(H,76,89)(H,77,83)(H,78,84)(H,81,82)(H3,70,71,79)/t45?,46?,47?,48?,51-,52-,53-,56-,57-,58?/m0/s1. The largest absolute Gasteiger partial charge is 0.480 e. The lowest BCUT2D eigenvalue weighted by atomic mass is 9.55. The number of carboxylic acid groups (broad SMARTS) is 1. The number of nitrogens with two attached hydrogens (primary N) is 1. The number of nitrogens with zero attached hydrogens (tertiary/aromatic N) is 2. The Morgan fingerprint density at radius 1 is 0.629 bits per heavy atom. The second-order valence-corrected chi connectivity index (χ2v) is 31.6. The molecule has 4 aliphatic carbocycles. The third-order valence-electron chi connectivity index (χ3n) is 18.1. The molecule has 0 saturated heterocycles. The Labute approximate surface area is 569 Å². The molecule has 532 valence electrons. The lowest BCUT2D eigenvalue weighted by molar-refractivity contribution is -0.139. The fourth-order valence-corrected chi connectivity index (χ4v) is 17.5. The zero-order valence-electron chi connectivity index (χ0n) is 58.0. The molecule has 0 radical (unpaired) electrons. The van der Waals surface area contributed by atoms with E-state index < -0.39 is 134 Å². The van der Waals surface area contributed by atoms with Crippen molar-refractivity contribution in [3.8, 4) is 0 Å². The summed E-state index contributed by atoms with van der Waals surface area (Å²) < 4.78 is 71.9. The van der Waals surface area contributed by atoms with Gasteiger partial charge in [-0.25, -0.2) is 35.1 Å². The first-order chi connectivity index (χ1) is 45.4. The summed E-state index contributed by atoms with van der Waals surface area (Å²) in [5.41, 5.74) is 9.27. The van der Waals surface area contributed by atoms with Crippen LogP contribution in [0.4, 0.5) is 9.59 Å². The number of carbonyl (C=O) groups is 8. The Bertz CT molecular complexity index is 3790. The lowest BCUT2D eigenvalue weighted by Crippen LogP contribution is -2.60. The molecule has 11 N–H and O–H groups in total. The first kappa shape index (κ1) is 76.1. The predicted molar refractivity (Wildman–Crippen MR) is 366 cm³/mol. The van der Waals surface area contributed by atoms with Gasteiger partial charge in [0.25, 0.3) is 20.0 Å². The molecule has 7 amide bonds. The minimum absolute atomic E-state index is 0.0103. The molecule has 97 heavy (non-hydrogen) atoms. The topological polar surface area (TPSA) is 383 Å². The van der Waals surface area contributed by atoms with Gasteiger partial charge >= 0.3 is 18.2 Å². The van der Waals surface area contributed by atoms with Crippen molar-refractivity contribution in [1.82, 2.24) is 45.9 Å². The Balaban J connectivity index is 1.18. The molecular weight excluding hydrogens is 1290 g/mol. The Morgan fingerprint density at radius 3 is 1.68 bits per heavy atom. The van der Waals surface area contributed by atoms with Gasteiger partial charge in [0.1, 0.15) is 48.5 Å². The predicted octanol–water partition coefficient (Wildman–Crippen LogP) is 6.41. The summed E-state index contributed by atoms with van der Waals surface area (Å²) in [7, 11) is -8.59. The summed E-state index contributed by atoms with van der Waals surface area (Å²) in [6.07, 6.45) is 5.39. The highest BCUT2D eigenvalue weighted by Gasteiger charge is 2.50. The first-order valence-corrected chi connectivity index (χ1v) is 36.3. The van der Waals surface area contributed by atoms with Gasteiger partial charge in [-0.05, 0) is 196 Å². The van der Waals surface area contributed by atoms with Crippen LogP contribution >= 0.6 is 0 Å². The van der Waals surface area contributed by atoms with Crippen LogP contribution < -0.4 is 47.7 Å².